The number of epoxide rings is 1. The fraction of sp³-hybridized carbons (Fsp3) is 0.333. The van der Waals surface area contributed by atoms with Crippen LogP contribution in [0.25, 0.3) is 0 Å². The van der Waals surface area contributed by atoms with Gasteiger partial charge in [-0.25, -0.2) is 9.59 Å². The second kappa shape index (κ2) is 4.18. The van der Waals surface area contributed by atoms with Gasteiger partial charge in [-0.3, -0.25) is 0 Å². The first kappa shape index (κ1) is 11.6. The highest BCUT2D eigenvalue weighted by atomic mass is 16.6. The summed E-state index contributed by atoms with van der Waals surface area (Å²) in [5.74, 6) is -2.43. The van der Waals surface area contributed by atoms with Crippen LogP contribution < -0.4 is 0 Å². The van der Waals surface area contributed by atoms with Crippen molar-refractivity contribution in [1.82, 2.24) is 0 Å². The molecule has 1 unspecified atom stereocenters. The van der Waals surface area contributed by atoms with Crippen LogP contribution in [0, 0.1) is 0 Å². The predicted octanol–water partition coefficient (Wildman–Crippen LogP) is 1.72. The molecule has 0 spiro atoms. The van der Waals surface area contributed by atoms with Crippen molar-refractivity contribution < 1.29 is 24.5 Å². The molecule has 2 N–H and O–H groups in total. The molecule has 0 bridgehead atoms. The number of hydrogen-bond donors (Lipinski definition) is 2. The number of hydrogen-bond acceptors (Lipinski definition) is 3. The zero-order chi connectivity index (χ0) is 12.6. The summed E-state index contributed by atoms with van der Waals surface area (Å²) in [7, 11) is 0. The quantitative estimate of drug-likeness (QED) is 0.777. The van der Waals surface area contributed by atoms with E-state index < -0.39 is 11.9 Å². The molecule has 0 saturated carbocycles. The van der Waals surface area contributed by atoms with E-state index in [9.17, 15) is 9.59 Å². The van der Waals surface area contributed by atoms with Gasteiger partial charge in [-0.1, -0.05) is 13.0 Å². The first-order valence-corrected chi connectivity index (χ1v) is 5.30. The van der Waals surface area contributed by atoms with E-state index in [2.05, 4.69) is 0 Å². The van der Waals surface area contributed by atoms with E-state index in [1.54, 1.807) is 13.0 Å². The van der Waals surface area contributed by atoms with E-state index in [0.717, 1.165) is 5.56 Å². The van der Waals surface area contributed by atoms with Crippen LogP contribution in [0.5, 0.6) is 0 Å². The molecule has 2 rings (SSSR count). The summed E-state index contributed by atoms with van der Waals surface area (Å²) >= 11 is 0. The van der Waals surface area contributed by atoms with Crippen LogP contribution in [0.3, 0.4) is 0 Å². The van der Waals surface area contributed by atoms with Gasteiger partial charge in [0.25, 0.3) is 0 Å². The van der Waals surface area contributed by atoms with Crippen LogP contribution in [0.1, 0.15) is 44.9 Å². The Morgan fingerprint density at radius 1 is 1.35 bits per heavy atom. The monoisotopic (exact) mass is 236 g/mol. The van der Waals surface area contributed by atoms with Crippen LogP contribution in [0.15, 0.2) is 12.1 Å². The minimum absolute atomic E-state index is 0.0779. The average Bonchev–Trinajstić information content (AvgIpc) is 3.10. The molecule has 1 aliphatic heterocycles. The number of carboxylic acids is 2. The lowest BCUT2D eigenvalue weighted by atomic mass is 9.92. The van der Waals surface area contributed by atoms with Crippen molar-refractivity contribution in [3.05, 3.63) is 34.4 Å². The molecule has 1 atom stereocenters. The first-order chi connectivity index (χ1) is 8.06. The van der Waals surface area contributed by atoms with Crippen LogP contribution in [0.4, 0.5) is 0 Å². The number of carbonyl (C=O) groups is 2. The van der Waals surface area contributed by atoms with Crippen LogP contribution in [-0.2, 0) is 11.2 Å². The SMILES string of the molecule is CCc1c(C2CO2)ccc(C(=O)O)c1C(=O)O. The summed E-state index contributed by atoms with van der Waals surface area (Å²) in [6, 6.07) is 2.98. The van der Waals surface area contributed by atoms with E-state index >= 15 is 0 Å². The number of ether oxygens (including phenoxy) is 1. The van der Waals surface area contributed by atoms with Gasteiger partial charge in [0.15, 0.2) is 0 Å². The third kappa shape index (κ3) is 2.01. The van der Waals surface area contributed by atoms with E-state index in [1.807, 2.05) is 0 Å². The third-order valence-corrected chi connectivity index (χ3v) is 2.83. The number of benzene rings is 1. The lowest BCUT2D eigenvalue weighted by molar-refractivity contribution is 0.0650. The van der Waals surface area contributed by atoms with Crippen LogP contribution in [-0.4, -0.2) is 28.8 Å². The molecular weight excluding hydrogens is 224 g/mol. The standard InChI is InChI=1S/C12H12O5/c1-2-6-7(9-5-17-9)3-4-8(11(13)14)10(6)12(15)16/h3-4,9H,2,5H2,1H3,(H,13,14)(H,15,16). The Morgan fingerprint density at radius 2 is 2.00 bits per heavy atom. The summed E-state index contributed by atoms with van der Waals surface area (Å²) in [4.78, 5) is 22.2. The highest BCUT2D eigenvalue weighted by Gasteiger charge is 2.31. The van der Waals surface area contributed by atoms with Crippen LogP contribution in [0.2, 0.25) is 0 Å². The zero-order valence-electron chi connectivity index (χ0n) is 9.27. The van der Waals surface area contributed by atoms with E-state index in [1.165, 1.54) is 6.07 Å². The summed E-state index contributed by atoms with van der Waals surface area (Å²) < 4.78 is 5.13. The van der Waals surface area contributed by atoms with Gasteiger partial charge in [-0.05, 0) is 23.6 Å². The van der Waals surface area contributed by atoms with E-state index in [0.29, 0.717) is 18.6 Å². The lowest BCUT2D eigenvalue weighted by Gasteiger charge is -2.11. The Labute approximate surface area is 97.6 Å². The van der Waals surface area contributed by atoms with Gasteiger partial charge < -0.3 is 14.9 Å². The minimum Gasteiger partial charge on any atom is -0.478 e. The topological polar surface area (TPSA) is 87.1 Å². The van der Waals surface area contributed by atoms with Crippen molar-refractivity contribution in [2.75, 3.05) is 6.61 Å². The molecule has 0 amide bonds. The molecule has 17 heavy (non-hydrogen) atoms. The molecule has 1 aromatic rings. The minimum atomic E-state index is -1.22. The molecule has 1 aromatic carbocycles. The Morgan fingerprint density at radius 3 is 2.41 bits per heavy atom. The van der Waals surface area contributed by atoms with E-state index in [4.69, 9.17) is 14.9 Å². The summed E-state index contributed by atoms with van der Waals surface area (Å²) in [6.45, 7) is 2.37. The molecule has 5 nitrogen and oxygen atoms in total. The number of carboxylic acid groups (broad SMARTS) is 2. The Balaban J connectivity index is 2.65. The highest BCUT2D eigenvalue weighted by Crippen LogP contribution is 2.35. The Bertz CT molecular complexity index is 488. The smallest absolute Gasteiger partial charge is 0.336 e. The van der Waals surface area contributed by atoms with Gasteiger partial charge in [0.2, 0.25) is 0 Å². The van der Waals surface area contributed by atoms with Crippen molar-refractivity contribution in [3.8, 4) is 0 Å². The normalized spacial score (nSPS) is 17.8. The van der Waals surface area contributed by atoms with Gasteiger partial charge >= 0.3 is 11.9 Å². The Kier molecular flexibility index (Phi) is 2.85. The second-order valence-corrected chi connectivity index (χ2v) is 3.84. The molecule has 1 aliphatic rings. The molecule has 5 heteroatoms. The summed E-state index contributed by atoms with van der Waals surface area (Å²) in [5, 5.41) is 18.1. The number of rotatable bonds is 4. The van der Waals surface area contributed by atoms with Gasteiger partial charge in [-0.15, -0.1) is 0 Å². The van der Waals surface area contributed by atoms with Crippen molar-refractivity contribution in [2.45, 2.75) is 19.4 Å². The zero-order valence-corrected chi connectivity index (χ0v) is 9.27. The predicted molar refractivity (Wildman–Crippen MR) is 58.4 cm³/mol. The molecule has 0 aliphatic carbocycles. The molecule has 90 valence electrons. The van der Waals surface area contributed by atoms with Gasteiger partial charge in [0.05, 0.1) is 17.7 Å². The Hall–Kier alpha value is -1.88. The maximum Gasteiger partial charge on any atom is 0.336 e. The molecule has 0 radical (unpaired) electrons. The molecule has 1 saturated heterocycles. The average molecular weight is 236 g/mol. The maximum absolute atomic E-state index is 11.2. The van der Waals surface area contributed by atoms with Gasteiger partial charge in [0, 0.05) is 0 Å². The van der Waals surface area contributed by atoms with Gasteiger partial charge in [0.1, 0.15) is 6.10 Å². The first-order valence-electron chi connectivity index (χ1n) is 5.30. The fourth-order valence-electron chi connectivity index (χ4n) is 2.00. The summed E-state index contributed by atoms with van der Waals surface area (Å²) in [5.41, 5.74) is 1.06. The molecular formula is C12H12O5. The number of aromatic carboxylic acids is 2. The highest BCUT2D eigenvalue weighted by molar-refractivity contribution is 6.03. The maximum atomic E-state index is 11.2. The fourth-order valence-corrected chi connectivity index (χ4v) is 2.00. The molecule has 1 heterocycles. The lowest BCUT2D eigenvalue weighted by Crippen LogP contribution is -2.13. The van der Waals surface area contributed by atoms with Crippen LogP contribution >= 0.6 is 0 Å². The van der Waals surface area contributed by atoms with Crippen molar-refractivity contribution in [3.63, 3.8) is 0 Å². The molecule has 0 aromatic heterocycles. The third-order valence-electron chi connectivity index (χ3n) is 2.83. The molecule has 1 fully saturated rings. The van der Waals surface area contributed by atoms with Crippen molar-refractivity contribution >= 4 is 11.9 Å². The van der Waals surface area contributed by atoms with Crippen molar-refractivity contribution in [1.29, 1.82) is 0 Å². The summed E-state index contributed by atoms with van der Waals surface area (Å²) in [6.07, 6.45) is 0.392. The van der Waals surface area contributed by atoms with Gasteiger partial charge in [-0.2, -0.15) is 0 Å². The van der Waals surface area contributed by atoms with Crippen molar-refractivity contribution in [2.24, 2.45) is 0 Å². The van der Waals surface area contributed by atoms with E-state index in [-0.39, 0.29) is 17.2 Å². The largest absolute Gasteiger partial charge is 0.478 e. The second-order valence-electron chi connectivity index (χ2n) is 3.84.